The highest BCUT2D eigenvalue weighted by atomic mass is 16.4. The molecule has 18 heavy (non-hydrogen) atoms. The SMILES string of the molecule is Cc1ccc(C(=O)O)c(-c2ccccc2C#N)n1. The van der Waals surface area contributed by atoms with E-state index >= 15 is 0 Å². The lowest BCUT2D eigenvalue weighted by Gasteiger charge is -2.07. The number of aromatic nitrogens is 1. The van der Waals surface area contributed by atoms with Crippen LogP contribution < -0.4 is 0 Å². The Morgan fingerprint density at radius 3 is 2.67 bits per heavy atom. The van der Waals surface area contributed by atoms with Crippen LogP contribution >= 0.6 is 0 Å². The van der Waals surface area contributed by atoms with Gasteiger partial charge in [0.1, 0.15) is 0 Å². The van der Waals surface area contributed by atoms with Gasteiger partial charge in [0, 0.05) is 11.3 Å². The monoisotopic (exact) mass is 238 g/mol. The minimum atomic E-state index is -1.05. The fourth-order valence-electron chi connectivity index (χ4n) is 1.72. The van der Waals surface area contributed by atoms with Gasteiger partial charge in [0.2, 0.25) is 0 Å². The smallest absolute Gasteiger partial charge is 0.337 e. The molecule has 0 saturated heterocycles. The largest absolute Gasteiger partial charge is 0.478 e. The third-order valence-corrected chi connectivity index (χ3v) is 2.57. The van der Waals surface area contributed by atoms with Crippen molar-refractivity contribution in [1.82, 2.24) is 4.98 Å². The van der Waals surface area contributed by atoms with Crippen LogP contribution in [-0.4, -0.2) is 16.1 Å². The molecule has 1 aromatic heterocycles. The van der Waals surface area contributed by atoms with Crippen molar-refractivity contribution in [2.24, 2.45) is 0 Å². The lowest BCUT2D eigenvalue weighted by Crippen LogP contribution is -2.03. The van der Waals surface area contributed by atoms with Crippen LogP contribution in [0, 0.1) is 18.3 Å². The number of aryl methyl sites for hydroxylation is 1. The summed E-state index contributed by atoms with van der Waals surface area (Å²) >= 11 is 0. The molecular weight excluding hydrogens is 228 g/mol. The van der Waals surface area contributed by atoms with Crippen LogP contribution in [-0.2, 0) is 0 Å². The van der Waals surface area contributed by atoms with Gasteiger partial charge in [-0.05, 0) is 25.1 Å². The van der Waals surface area contributed by atoms with Gasteiger partial charge in [0.25, 0.3) is 0 Å². The van der Waals surface area contributed by atoms with E-state index in [1.807, 2.05) is 6.07 Å². The third kappa shape index (κ3) is 2.06. The molecule has 2 aromatic rings. The van der Waals surface area contributed by atoms with Crippen LogP contribution in [0.15, 0.2) is 36.4 Å². The highest BCUT2D eigenvalue weighted by Gasteiger charge is 2.15. The van der Waals surface area contributed by atoms with Crippen molar-refractivity contribution in [2.45, 2.75) is 6.92 Å². The number of aromatic carboxylic acids is 1. The molecule has 0 unspecified atom stereocenters. The summed E-state index contributed by atoms with van der Waals surface area (Å²) in [4.78, 5) is 15.4. The van der Waals surface area contributed by atoms with Gasteiger partial charge >= 0.3 is 5.97 Å². The summed E-state index contributed by atoms with van der Waals surface area (Å²) in [5, 5.41) is 18.2. The molecule has 1 heterocycles. The lowest BCUT2D eigenvalue weighted by atomic mass is 10.0. The lowest BCUT2D eigenvalue weighted by molar-refractivity contribution is 0.0697. The predicted molar refractivity (Wildman–Crippen MR) is 66.1 cm³/mol. The number of pyridine rings is 1. The van der Waals surface area contributed by atoms with Crippen molar-refractivity contribution < 1.29 is 9.90 Å². The van der Waals surface area contributed by atoms with Crippen molar-refractivity contribution in [1.29, 1.82) is 5.26 Å². The zero-order valence-electron chi connectivity index (χ0n) is 9.71. The van der Waals surface area contributed by atoms with E-state index in [4.69, 9.17) is 10.4 Å². The number of rotatable bonds is 2. The molecule has 0 bridgehead atoms. The van der Waals surface area contributed by atoms with Crippen LogP contribution in [0.25, 0.3) is 11.3 Å². The van der Waals surface area contributed by atoms with Crippen LogP contribution in [0.1, 0.15) is 21.6 Å². The Morgan fingerprint density at radius 2 is 2.00 bits per heavy atom. The highest BCUT2D eigenvalue weighted by Crippen LogP contribution is 2.25. The molecule has 88 valence electrons. The van der Waals surface area contributed by atoms with Gasteiger partial charge in [0.15, 0.2) is 0 Å². The van der Waals surface area contributed by atoms with Gasteiger partial charge in [-0.2, -0.15) is 5.26 Å². The molecule has 4 nitrogen and oxygen atoms in total. The van der Waals surface area contributed by atoms with E-state index in [0.717, 1.165) is 0 Å². The molecule has 0 spiro atoms. The van der Waals surface area contributed by atoms with E-state index in [1.165, 1.54) is 6.07 Å². The first-order valence-corrected chi connectivity index (χ1v) is 5.34. The maximum absolute atomic E-state index is 11.2. The number of benzene rings is 1. The van der Waals surface area contributed by atoms with Crippen molar-refractivity contribution in [3.05, 3.63) is 53.2 Å². The van der Waals surface area contributed by atoms with E-state index in [2.05, 4.69) is 4.98 Å². The van der Waals surface area contributed by atoms with Crippen LogP contribution in [0.2, 0.25) is 0 Å². The van der Waals surface area contributed by atoms with Gasteiger partial charge in [-0.1, -0.05) is 18.2 Å². The Hall–Kier alpha value is -2.67. The standard InChI is InChI=1S/C14H10N2O2/c1-9-6-7-12(14(17)18)13(16-9)11-5-3-2-4-10(11)8-15/h2-7H,1H3,(H,17,18). The molecule has 0 aliphatic carbocycles. The summed E-state index contributed by atoms with van der Waals surface area (Å²) in [5.41, 5.74) is 2.10. The fourth-order valence-corrected chi connectivity index (χ4v) is 1.72. The molecule has 0 saturated carbocycles. The molecule has 0 aliphatic rings. The normalized spacial score (nSPS) is 9.78. The van der Waals surface area contributed by atoms with Gasteiger partial charge in [-0.3, -0.25) is 4.98 Å². The van der Waals surface area contributed by atoms with Gasteiger partial charge in [-0.15, -0.1) is 0 Å². The van der Waals surface area contributed by atoms with Crippen LogP contribution in [0.5, 0.6) is 0 Å². The number of nitriles is 1. The van der Waals surface area contributed by atoms with Crippen molar-refractivity contribution in [3.8, 4) is 17.3 Å². The summed E-state index contributed by atoms with van der Waals surface area (Å²) in [6.07, 6.45) is 0. The van der Waals surface area contributed by atoms with E-state index in [1.54, 1.807) is 37.3 Å². The first-order chi connectivity index (χ1) is 8.63. The molecule has 0 amide bonds. The molecule has 0 radical (unpaired) electrons. The Balaban J connectivity index is 2.74. The Bertz CT molecular complexity index is 657. The zero-order valence-corrected chi connectivity index (χ0v) is 9.71. The number of hydrogen-bond donors (Lipinski definition) is 1. The van der Waals surface area contributed by atoms with Crippen molar-refractivity contribution in [3.63, 3.8) is 0 Å². The summed E-state index contributed by atoms with van der Waals surface area (Å²) in [6.45, 7) is 1.78. The highest BCUT2D eigenvalue weighted by molar-refractivity contribution is 5.95. The van der Waals surface area contributed by atoms with Gasteiger partial charge in [0.05, 0.1) is 22.9 Å². The molecular formula is C14H10N2O2. The number of carboxylic acids is 1. The first-order valence-electron chi connectivity index (χ1n) is 5.34. The maximum Gasteiger partial charge on any atom is 0.337 e. The molecule has 0 fully saturated rings. The molecule has 1 aromatic carbocycles. The van der Waals surface area contributed by atoms with Gasteiger partial charge < -0.3 is 5.11 Å². The first kappa shape index (κ1) is 11.8. The Labute approximate surface area is 104 Å². The topological polar surface area (TPSA) is 74.0 Å². The minimum Gasteiger partial charge on any atom is -0.478 e. The maximum atomic E-state index is 11.2. The Morgan fingerprint density at radius 1 is 1.28 bits per heavy atom. The van der Waals surface area contributed by atoms with Crippen LogP contribution in [0.3, 0.4) is 0 Å². The Kier molecular flexibility index (Phi) is 3.07. The molecule has 2 rings (SSSR count). The minimum absolute atomic E-state index is 0.100. The second-order valence-corrected chi connectivity index (χ2v) is 3.81. The molecule has 0 aliphatic heterocycles. The van der Waals surface area contributed by atoms with E-state index < -0.39 is 5.97 Å². The van der Waals surface area contributed by atoms with E-state index in [-0.39, 0.29) is 5.56 Å². The third-order valence-electron chi connectivity index (χ3n) is 2.57. The average molecular weight is 238 g/mol. The van der Waals surface area contributed by atoms with Crippen molar-refractivity contribution >= 4 is 5.97 Å². The molecule has 0 atom stereocenters. The summed E-state index contributed by atoms with van der Waals surface area (Å²) in [6, 6.07) is 12.0. The summed E-state index contributed by atoms with van der Waals surface area (Å²) < 4.78 is 0. The van der Waals surface area contributed by atoms with Crippen LogP contribution in [0.4, 0.5) is 0 Å². The second kappa shape index (κ2) is 4.68. The fraction of sp³-hybridized carbons (Fsp3) is 0.0714. The summed E-state index contributed by atoms with van der Waals surface area (Å²) in [7, 11) is 0. The van der Waals surface area contributed by atoms with Gasteiger partial charge in [-0.25, -0.2) is 4.79 Å². The molecule has 4 heteroatoms. The number of carboxylic acid groups (broad SMARTS) is 1. The average Bonchev–Trinajstić information content (AvgIpc) is 2.38. The zero-order chi connectivity index (χ0) is 13.1. The van der Waals surface area contributed by atoms with E-state index in [0.29, 0.717) is 22.5 Å². The summed E-state index contributed by atoms with van der Waals surface area (Å²) in [5.74, 6) is -1.05. The predicted octanol–water partition coefficient (Wildman–Crippen LogP) is 2.63. The number of carbonyl (C=O) groups is 1. The second-order valence-electron chi connectivity index (χ2n) is 3.81. The van der Waals surface area contributed by atoms with E-state index in [9.17, 15) is 4.79 Å². The number of hydrogen-bond acceptors (Lipinski definition) is 3. The number of nitrogens with zero attached hydrogens (tertiary/aromatic N) is 2. The quantitative estimate of drug-likeness (QED) is 0.872. The molecule has 1 N–H and O–H groups in total. The van der Waals surface area contributed by atoms with Crippen molar-refractivity contribution in [2.75, 3.05) is 0 Å².